The number of nitrogens with zero attached hydrogens (tertiary/aromatic N) is 1. The van der Waals surface area contributed by atoms with Crippen molar-refractivity contribution in [3.05, 3.63) is 65.2 Å². The number of para-hydroxylation sites is 1. The normalized spacial score (nSPS) is 16.5. The van der Waals surface area contributed by atoms with Crippen molar-refractivity contribution >= 4 is 11.8 Å². The first-order chi connectivity index (χ1) is 12.6. The van der Waals surface area contributed by atoms with Crippen LogP contribution in [-0.2, 0) is 6.61 Å². The number of likely N-dealkylation sites (tertiary alicyclic amines) is 1. The number of carbonyl (C=O) groups excluding carboxylic acids is 2. The van der Waals surface area contributed by atoms with Gasteiger partial charge in [0.2, 0.25) is 0 Å². The smallest absolute Gasteiger partial charge is 0.254 e. The average Bonchev–Trinajstić information content (AvgIpc) is 3.15. The largest absolute Gasteiger partial charge is 0.488 e. The van der Waals surface area contributed by atoms with E-state index in [4.69, 9.17) is 16.2 Å². The zero-order valence-electron chi connectivity index (χ0n) is 14.6. The Labute approximate surface area is 152 Å². The molecule has 0 bridgehead atoms. The highest BCUT2D eigenvalue weighted by molar-refractivity contribution is 5.95. The number of benzene rings is 2. The number of primary amides is 1. The molecule has 136 valence electrons. The minimum Gasteiger partial charge on any atom is -0.488 e. The van der Waals surface area contributed by atoms with E-state index in [1.165, 1.54) is 0 Å². The van der Waals surface area contributed by atoms with E-state index in [2.05, 4.69) is 0 Å². The van der Waals surface area contributed by atoms with E-state index in [0.29, 0.717) is 23.4 Å². The fourth-order valence-electron chi connectivity index (χ4n) is 3.27. The highest BCUT2D eigenvalue weighted by Gasteiger charge is 2.28. The van der Waals surface area contributed by atoms with Crippen LogP contribution in [0.2, 0.25) is 0 Å². The molecule has 1 aliphatic rings. The summed E-state index contributed by atoms with van der Waals surface area (Å²) < 4.78 is 5.74. The molecule has 2 aromatic carbocycles. The number of rotatable bonds is 6. The fraction of sp³-hybridized carbons (Fsp3) is 0.300. The third-order valence-corrected chi connectivity index (χ3v) is 4.63. The van der Waals surface area contributed by atoms with Gasteiger partial charge in [-0.1, -0.05) is 24.3 Å². The summed E-state index contributed by atoms with van der Waals surface area (Å²) in [5, 5.41) is 0. The Morgan fingerprint density at radius 2 is 1.96 bits per heavy atom. The van der Waals surface area contributed by atoms with Crippen LogP contribution in [0, 0.1) is 0 Å². The van der Waals surface area contributed by atoms with E-state index in [9.17, 15) is 9.59 Å². The average molecular weight is 353 g/mol. The Morgan fingerprint density at radius 3 is 2.73 bits per heavy atom. The second-order valence-corrected chi connectivity index (χ2v) is 6.38. The predicted octanol–water partition coefficient (Wildman–Crippen LogP) is 1.93. The Morgan fingerprint density at radius 1 is 1.15 bits per heavy atom. The molecule has 6 heteroatoms. The van der Waals surface area contributed by atoms with Crippen molar-refractivity contribution in [3.63, 3.8) is 0 Å². The molecule has 1 aliphatic heterocycles. The Balaban J connectivity index is 1.72. The quantitative estimate of drug-likeness (QED) is 0.829. The summed E-state index contributed by atoms with van der Waals surface area (Å²) in [7, 11) is 0. The first-order valence-corrected chi connectivity index (χ1v) is 8.71. The molecule has 0 aliphatic carbocycles. The molecule has 2 amide bonds. The number of amides is 2. The molecule has 26 heavy (non-hydrogen) atoms. The van der Waals surface area contributed by atoms with Gasteiger partial charge in [0.15, 0.2) is 0 Å². The van der Waals surface area contributed by atoms with Crippen LogP contribution in [-0.4, -0.2) is 35.8 Å². The first kappa shape index (κ1) is 17.9. The van der Waals surface area contributed by atoms with Gasteiger partial charge in [0.25, 0.3) is 11.8 Å². The molecule has 0 spiro atoms. The molecule has 6 nitrogen and oxygen atoms in total. The number of hydrogen-bond acceptors (Lipinski definition) is 4. The topological polar surface area (TPSA) is 98.7 Å². The lowest BCUT2D eigenvalue weighted by Gasteiger charge is -2.23. The van der Waals surface area contributed by atoms with Crippen LogP contribution in [0.3, 0.4) is 0 Å². The van der Waals surface area contributed by atoms with Crippen LogP contribution in [0.1, 0.15) is 39.1 Å². The summed E-state index contributed by atoms with van der Waals surface area (Å²) in [6.07, 6.45) is 1.94. The van der Waals surface area contributed by atoms with Crippen molar-refractivity contribution in [3.8, 4) is 5.75 Å². The van der Waals surface area contributed by atoms with Crippen LogP contribution >= 0.6 is 0 Å². The monoisotopic (exact) mass is 353 g/mol. The van der Waals surface area contributed by atoms with Gasteiger partial charge in [0, 0.05) is 24.7 Å². The lowest BCUT2D eigenvalue weighted by atomic mass is 10.1. The molecule has 2 aromatic rings. The van der Waals surface area contributed by atoms with Crippen molar-refractivity contribution in [1.82, 2.24) is 4.90 Å². The fourth-order valence-corrected chi connectivity index (χ4v) is 3.27. The van der Waals surface area contributed by atoms with Crippen molar-refractivity contribution < 1.29 is 14.3 Å². The molecule has 3 rings (SSSR count). The van der Waals surface area contributed by atoms with Gasteiger partial charge in [-0.3, -0.25) is 9.59 Å². The number of carbonyl (C=O) groups is 2. The van der Waals surface area contributed by atoms with Crippen LogP contribution in [0.15, 0.2) is 48.5 Å². The van der Waals surface area contributed by atoms with Gasteiger partial charge in [-0.2, -0.15) is 0 Å². The standard InChI is InChI=1S/C20H23N3O3/c21-12-16-7-4-10-23(16)20(25)15-6-3-5-14(11-15)13-26-18-9-2-1-8-17(18)19(22)24/h1-3,5-6,8-9,11,16H,4,7,10,12-13,21H2,(H2,22,24). The zero-order chi connectivity index (χ0) is 18.5. The Kier molecular flexibility index (Phi) is 5.53. The molecule has 1 unspecified atom stereocenters. The molecule has 4 N–H and O–H groups in total. The molecule has 0 saturated carbocycles. The molecule has 1 saturated heterocycles. The summed E-state index contributed by atoms with van der Waals surface area (Å²) in [4.78, 5) is 26.1. The van der Waals surface area contributed by atoms with Gasteiger partial charge < -0.3 is 21.1 Å². The Hall–Kier alpha value is -2.86. The lowest BCUT2D eigenvalue weighted by Crippen LogP contribution is -2.39. The molecule has 0 radical (unpaired) electrons. The van der Waals surface area contributed by atoms with Crippen molar-refractivity contribution in [2.24, 2.45) is 11.5 Å². The van der Waals surface area contributed by atoms with E-state index >= 15 is 0 Å². The SMILES string of the molecule is NCC1CCCN1C(=O)c1cccc(COc2ccccc2C(N)=O)c1. The van der Waals surface area contributed by atoms with E-state index in [1.54, 1.807) is 30.3 Å². The number of nitrogens with two attached hydrogens (primary N) is 2. The van der Waals surface area contributed by atoms with Crippen molar-refractivity contribution in [1.29, 1.82) is 0 Å². The molecule has 1 fully saturated rings. The van der Waals surface area contributed by atoms with E-state index in [1.807, 2.05) is 23.1 Å². The maximum absolute atomic E-state index is 12.8. The van der Waals surface area contributed by atoms with E-state index < -0.39 is 5.91 Å². The molecule has 1 heterocycles. The van der Waals surface area contributed by atoms with Gasteiger partial charge in [-0.05, 0) is 42.7 Å². The predicted molar refractivity (Wildman–Crippen MR) is 98.8 cm³/mol. The first-order valence-electron chi connectivity index (χ1n) is 8.71. The summed E-state index contributed by atoms with van der Waals surface area (Å²) in [6, 6.07) is 14.3. The zero-order valence-corrected chi connectivity index (χ0v) is 14.6. The molecule has 1 atom stereocenters. The van der Waals surface area contributed by atoms with Gasteiger partial charge >= 0.3 is 0 Å². The van der Waals surface area contributed by atoms with Crippen molar-refractivity contribution in [2.45, 2.75) is 25.5 Å². The summed E-state index contributed by atoms with van der Waals surface area (Å²) in [5.41, 5.74) is 12.9. The maximum Gasteiger partial charge on any atom is 0.254 e. The van der Waals surface area contributed by atoms with Crippen LogP contribution in [0.4, 0.5) is 0 Å². The van der Waals surface area contributed by atoms with Gasteiger partial charge in [0.1, 0.15) is 12.4 Å². The molecular formula is C20H23N3O3. The van der Waals surface area contributed by atoms with Gasteiger partial charge in [-0.15, -0.1) is 0 Å². The van der Waals surface area contributed by atoms with Gasteiger partial charge in [-0.25, -0.2) is 0 Å². The highest BCUT2D eigenvalue weighted by Crippen LogP contribution is 2.21. The number of ether oxygens (including phenoxy) is 1. The van der Waals surface area contributed by atoms with Crippen LogP contribution in [0.25, 0.3) is 0 Å². The maximum atomic E-state index is 12.8. The minimum atomic E-state index is -0.536. The third-order valence-electron chi connectivity index (χ3n) is 4.63. The molecular weight excluding hydrogens is 330 g/mol. The third kappa shape index (κ3) is 3.86. The lowest BCUT2D eigenvalue weighted by molar-refractivity contribution is 0.0741. The van der Waals surface area contributed by atoms with Gasteiger partial charge in [0.05, 0.1) is 5.56 Å². The summed E-state index contributed by atoms with van der Waals surface area (Å²) >= 11 is 0. The minimum absolute atomic E-state index is 0.00247. The number of hydrogen-bond donors (Lipinski definition) is 2. The van der Waals surface area contributed by atoms with E-state index in [0.717, 1.165) is 24.9 Å². The summed E-state index contributed by atoms with van der Waals surface area (Å²) in [5.74, 6) is -0.108. The van der Waals surface area contributed by atoms with E-state index in [-0.39, 0.29) is 18.6 Å². The van der Waals surface area contributed by atoms with Crippen molar-refractivity contribution in [2.75, 3.05) is 13.1 Å². The summed E-state index contributed by atoms with van der Waals surface area (Å²) in [6.45, 7) is 1.47. The molecule has 0 aromatic heterocycles. The van der Waals surface area contributed by atoms with Crippen LogP contribution in [0.5, 0.6) is 5.75 Å². The second-order valence-electron chi connectivity index (χ2n) is 6.38. The Bertz CT molecular complexity index is 806. The van der Waals surface area contributed by atoms with Crippen LogP contribution < -0.4 is 16.2 Å². The second kappa shape index (κ2) is 8.01. The highest BCUT2D eigenvalue weighted by atomic mass is 16.5.